The van der Waals surface area contributed by atoms with Gasteiger partial charge in [-0.1, -0.05) is 0 Å². The zero-order chi connectivity index (χ0) is 14.8. The summed E-state index contributed by atoms with van der Waals surface area (Å²) in [4.78, 5) is 12.1. The predicted molar refractivity (Wildman–Crippen MR) is 61.8 cm³/mol. The second-order valence-corrected chi connectivity index (χ2v) is 4.93. The third-order valence-corrected chi connectivity index (χ3v) is 2.32. The first-order valence-corrected chi connectivity index (χ1v) is 5.42. The third-order valence-electron chi connectivity index (χ3n) is 2.32. The molecule has 0 aromatic carbocycles. The average Bonchev–Trinajstić information content (AvgIpc) is 2.23. The Morgan fingerprint density at radius 3 is 2.16 bits per heavy atom. The van der Waals surface area contributed by atoms with Gasteiger partial charge in [-0.2, -0.15) is 13.2 Å². The molecule has 8 heteroatoms. The van der Waals surface area contributed by atoms with E-state index in [0.717, 1.165) is 12.1 Å². The molecule has 1 N–H and O–H groups in total. The smallest absolute Gasteiger partial charge is 0.435 e. The first-order chi connectivity index (χ1) is 8.51. The summed E-state index contributed by atoms with van der Waals surface area (Å²) in [5, 5.41) is 15.4. The monoisotopic (exact) mass is 277 g/mol. The molecule has 0 aliphatic heterocycles. The first kappa shape index (κ1) is 15.2. The van der Waals surface area contributed by atoms with Gasteiger partial charge >= 0.3 is 12.1 Å². The van der Waals surface area contributed by atoms with Gasteiger partial charge < -0.3 is 10.0 Å². The van der Waals surface area contributed by atoms with Crippen molar-refractivity contribution < 1.29 is 23.1 Å². The number of alkyl halides is 3. The fourth-order valence-corrected chi connectivity index (χ4v) is 1.42. The lowest BCUT2D eigenvalue weighted by molar-refractivity contribution is -0.141. The quantitative estimate of drug-likeness (QED) is 0.917. The van der Waals surface area contributed by atoms with E-state index in [0.29, 0.717) is 0 Å². The summed E-state index contributed by atoms with van der Waals surface area (Å²) in [5.74, 6) is -1.01. The van der Waals surface area contributed by atoms with Gasteiger partial charge in [0.2, 0.25) is 0 Å². The highest BCUT2D eigenvalue weighted by Gasteiger charge is 2.33. The van der Waals surface area contributed by atoms with E-state index in [1.807, 2.05) is 0 Å². The molecule has 19 heavy (non-hydrogen) atoms. The number of rotatable bonds is 3. The van der Waals surface area contributed by atoms with Crippen molar-refractivity contribution in [1.82, 2.24) is 10.2 Å². The summed E-state index contributed by atoms with van der Waals surface area (Å²) < 4.78 is 37.1. The lowest BCUT2D eigenvalue weighted by Gasteiger charge is -2.35. The van der Waals surface area contributed by atoms with Crippen LogP contribution in [0.5, 0.6) is 0 Å². The van der Waals surface area contributed by atoms with Crippen molar-refractivity contribution in [2.45, 2.75) is 32.5 Å². The highest BCUT2D eigenvalue weighted by atomic mass is 19.4. The van der Waals surface area contributed by atoms with Crippen LogP contribution >= 0.6 is 0 Å². The van der Waals surface area contributed by atoms with Gasteiger partial charge in [0.15, 0.2) is 11.5 Å². The molecule has 0 amide bonds. The highest BCUT2D eigenvalue weighted by Crippen LogP contribution is 2.28. The van der Waals surface area contributed by atoms with Gasteiger partial charge in [0, 0.05) is 5.54 Å². The SMILES string of the molecule is CC(C)(C)N(CC(=O)O)c1ccc(C(F)(F)F)nn1. The Balaban J connectivity index is 3.08. The molecule has 1 aromatic heterocycles. The van der Waals surface area contributed by atoms with Crippen molar-refractivity contribution in [3.8, 4) is 0 Å². The molecule has 0 fully saturated rings. The molecule has 1 aromatic rings. The van der Waals surface area contributed by atoms with Crippen molar-refractivity contribution in [1.29, 1.82) is 0 Å². The molecule has 0 spiro atoms. The van der Waals surface area contributed by atoms with Crippen molar-refractivity contribution >= 4 is 11.8 Å². The fraction of sp³-hybridized carbons (Fsp3) is 0.545. The second kappa shape index (κ2) is 5.02. The van der Waals surface area contributed by atoms with Crippen LogP contribution in [0.3, 0.4) is 0 Å². The molecule has 1 heterocycles. The lowest BCUT2D eigenvalue weighted by Crippen LogP contribution is -2.45. The Morgan fingerprint density at radius 2 is 1.84 bits per heavy atom. The molecular formula is C11H14F3N3O2. The van der Waals surface area contributed by atoms with Crippen LogP contribution in [-0.2, 0) is 11.0 Å². The Hall–Kier alpha value is -1.86. The van der Waals surface area contributed by atoms with Crippen molar-refractivity contribution in [3.05, 3.63) is 17.8 Å². The van der Waals surface area contributed by atoms with Crippen LogP contribution in [-0.4, -0.2) is 33.4 Å². The Kier molecular flexibility index (Phi) is 4.02. The summed E-state index contributed by atoms with van der Waals surface area (Å²) in [5.41, 5.74) is -1.72. The lowest BCUT2D eigenvalue weighted by atomic mass is 10.1. The van der Waals surface area contributed by atoms with Crippen LogP contribution in [0.2, 0.25) is 0 Å². The summed E-state index contributed by atoms with van der Waals surface area (Å²) in [6.07, 6.45) is -4.56. The van der Waals surface area contributed by atoms with Crippen LogP contribution < -0.4 is 4.90 Å². The van der Waals surface area contributed by atoms with Gasteiger partial charge in [-0.3, -0.25) is 4.79 Å². The number of carbonyl (C=O) groups is 1. The highest BCUT2D eigenvalue weighted by molar-refractivity contribution is 5.73. The summed E-state index contributed by atoms with van der Waals surface area (Å²) in [6, 6.07) is 1.90. The molecule has 0 aliphatic rings. The Morgan fingerprint density at radius 1 is 1.26 bits per heavy atom. The van der Waals surface area contributed by atoms with Crippen LogP contribution in [0.15, 0.2) is 12.1 Å². The van der Waals surface area contributed by atoms with Crippen molar-refractivity contribution in [2.24, 2.45) is 0 Å². The largest absolute Gasteiger partial charge is 0.480 e. The number of aromatic nitrogens is 2. The normalized spacial score (nSPS) is 12.3. The van der Waals surface area contributed by atoms with Crippen LogP contribution in [0.25, 0.3) is 0 Å². The molecule has 0 radical (unpaired) electrons. The molecule has 5 nitrogen and oxygen atoms in total. The Bertz CT molecular complexity index is 452. The number of aliphatic carboxylic acids is 1. The number of carboxylic acid groups (broad SMARTS) is 1. The van der Waals surface area contributed by atoms with Crippen molar-refractivity contribution in [2.75, 3.05) is 11.4 Å². The fourth-order valence-electron chi connectivity index (χ4n) is 1.42. The summed E-state index contributed by atoms with van der Waals surface area (Å²) in [6.45, 7) is 4.82. The van der Waals surface area contributed by atoms with E-state index in [9.17, 15) is 18.0 Å². The maximum absolute atomic E-state index is 12.4. The standard InChI is InChI=1S/C11H14F3N3O2/c1-10(2,3)17(6-9(18)19)8-5-4-7(15-16-8)11(12,13)14/h4-5H,6H2,1-3H3,(H,18,19). The number of hydrogen-bond donors (Lipinski definition) is 1. The molecule has 0 saturated carbocycles. The molecule has 1 rings (SSSR count). The van der Waals surface area contributed by atoms with E-state index >= 15 is 0 Å². The number of hydrogen-bond acceptors (Lipinski definition) is 4. The maximum atomic E-state index is 12.4. The van der Waals surface area contributed by atoms with Gasteiger partial charge in [-0.15, -0.1) is 10.2 Å². The summed E-state index contributed by atoms with van der Waals surface area (Å²) in [7, 11) is 0. The van der Waals surface area contributed by atoms with Gasteiger partial charge in [-0.05, 0) is 32.9 Å². The van der Waals surface area contributed by atoms with Crippen LogP contribution in [0.4, 0.5) is 19.0 Å². The minimum Gasteiger partial charge on any atom is -0.480 e. The van der Waals surface area contributed by atoms with E-state index in [1.54, 1.807) is 20.8 Å². The van der Waals surface area contributed by atoms with Crippen LogP contribution in [0.1, 0.15) is 26.5 Å². The molecular weight excluding hydrogens is 263 g/mol. The minimum absolute atomic E-state index is 0.0860. The zero-order valence-corrected chi connectivity index (χ0v) is 10.7. The number of anilines is 1. The molecule has 0 saturated heterocycles. The van der Waals surface area contributed by atoms with Gasteiger partial charge in [0.1, 0.15) is 6.54 Å². The molecule has 106 valence electrons. The molecule has 0 unspecified atom stereocenters. The third kappa shape index (κ3) is 4.08. The van der Waals surface area contributed by atoms with E-state index in [2.05, 4.69) is 10.2 Å². The van der Waals surface area contributed by atoms with Crippen molar-refractivity contribution in [3.63, 3.8) is 0 Å². The van der Waals surface area contributed by atoms with E-state index in [1.165, 1.54) is 4.90 Å². The first-order valence-electron chi connectivity index (χ1n) is 5.42. The number of nitrogens with zero attached hydrogens (tertiary/aromatic N) is 3. The number of halogens is 3. The average molecular weight is 277 g/mol. The van der Waals surface area contributed by atoms with Gasteiger partial charge in [0.25, 0.3) is 0 Å². The van der Waals surface area contributed by atoms with E-state index in [4.69, 9.17) is 5.11 Å². The predicted octanol–water partition coefficient (Wildman–Crippen LogP) is 2.18. The topological polar surface area (TPSA) is 66.3 Å². The second-order valence-electron chi connectivity index (χ2n) is 4.93. The number of carboxylic acids is 1. The molecule has 0 bridgehead atoms. The maximum Gasteiger partial charge on any atom is 0.435 e. The Labute approximate surface area is 108 Å². The molecule has 0 aliphatic carbocycles. The van der Waals surface area contributed by atoms with Gasteiger partial charge in [0.05, 0.1) is 0 Å². The van der Waals surface area contributed by atoms with Crippen LogP contribution in [0, 0.1) is 0 Å². The molecule has 0 atom stereocenters. The van der Waals surface area contributed by atoms with Gasteiger partial charge in [-0.25, -0.2) is 0 Å². The van der Waals surface area contributed by atoms with E-state index in [-0.39, 0.29) is 12.4 Å². The summed E-state index contributed by atoms with van der Waals surface area (Å²) >= 11 is 0. The minimum atomic E-state index is -4.56. The zero-order valence-electron chi connectivity index (χ0n) is 10.7. The van der Waals surface area contributed by atoms with E-state index < -0.39 is 23.4 Å².